The fourth-order valence-electron chi connectivity index (χ4n) is 3.47. The lowest BCUT2D eigenvalue weighted by atomic mass is 10.1. The van der Waals surface area contributed by atoms with Gasteiger partial charge in [-0.25, -0.2) is 0 Å². The molecular weight excluding hydrogens is 322 g/mol. The number of rotatable bonds is 4. The molecule has 1 amide bonds. The third-order valence-corrected chi connectivity index (χ3v) is 4.88. The summed E-state index contributed by atoms with van der Waals surface area (Å²) in [6, 6.07) is 16.0. The average Bonchev–Trinajstić information content (AvgIpc) is 2.98. The molecule has 0 aliphatic heterocycles. The molecule has 0 fully saturated rings. The third kappa shape index (κ3) is 2.94. The quantitative estimate of drug-likeness (QED) is 0.580. The minimum absolute atomic E-state index is 0.0862. The van der Waals surface area contributed by atoms with Crippen LogP contribution in [0.2, 0.25) is 0 Å². The van der Waals surface area contributed by atoms with Crippen molar-refractivity contribution in [3.8, 4) is 0 Å². The molecular formula is C22H21N3O. The van der Waals surface area contributed by atoms with E-state index < -0.39 is 0 Å². The van der Waals surface area contributed by atoms with Crippen molar-refractivity contribution in [2.24, 2.45) is 0 Å². The summed E-state index contributed by atoms with van der Waals surface area (Å²) in [6.45, 7) is 4.79. The van der Waals surface area contributed by atoms with Gasteiger partial charge in [0.05, 0.1) is 11.1 Å². The van der Waals surface area contributed by atoms with Gasteiger partial charge in [-0.1, -0.05) is 36.4 Å². The zero-order valence-corrected chi connectivity index (χ0v) is 15.0. The van der Waals surface area contributed by atoms with Crippen LogP contribution < -0.4 is 5.32 Å². The monoisotopic (exact) mass is 343 g/mol. The van der Waals surface area contributed by atoms with Crippen molar-refractivity contribution >= 4 is 27.7 Å². The summed E-state index contributed by atoms with van der Waals surface area (Å²) in [5.74, 6) is -0.0862. The largest absolute Gasteiger partial charge is 0.358 e. The van der Waals surface area contributed by atoms with Crippen LogP contribution in [0.1, 0.15) is 27.2 Å². The van der Waals surface area contributed by atoms with Crippen LogP contribution in [0.5, 0.6) is 0 Å². The number of nitrogens with zero attached hydrogens (tertiary/aromatic N) is 1. The highest BCUT2D eigenvalue weighted by atomic mass is 16.1. The van der Waals surface area contributed by atoms with Gasteiger partial charge in [0.15, 0.2) is 0 Å². The molecule has 0 aliphatic carbocycles. The van der Waals surface area contributed by atoms with Gasteiger partial charge in [-0.2, -0.15) is 0 Å². The van der Waals surface area contributed by atoms with Crippen LogP contribution in [-0.4, -0.2) is 22.4 Å². The van der Waals surface area contributed by atoms with E-state index in [1.165, 1.54) is 22.0 Å². The average molecular weight is 343 g/mol. The number of aryl methyl sites for hydroxylation is 2. The number of amides is 1. The Kier molecular flexibility index (Phi) is 4.17. The summed E-state index contributed by atoms with van der Waals surface area (Å²) in [5.41, 5.74) is 6.34. The SMILES string of the molecule is Cc1[nH]c2c(C)cccc2c1CCNC(=O)c1cnc2ccccc2c1. The Hall–Kier alpha value is -3.14. The number of H-pyrrole nitrogens is 1. The maximum Gasteiger partial charge on any atom is 0.252 e. The van der Waals surface area contributed by atoms with Crippen molar-refractivity contribution in [3.63, 3.8) is 0 Å². The number of para-hydroxylation sites is 2. The highest BCUT2D eigenvalue weighted by molar-refractivity contribution is 5.97. The van der Waals surface area contributed by atoms with Crippen LogP contribution in [0.25, 0.3) is 21.8 Å². The minimum Gasteiger partial charge on any atom is -0.358 e. The molecule has 2 aromatic heterocycles. The number of carbonyl (C=O) groups excluding carboxylic acids is 1. The van der Waals surface area contributed by atoms with Gasteiger partial charge in [0.2, 0.25) is 0 Å². The van der Waals surface area contributed by atoms with Crippen LogP contribution in [-0.2, 0) is 6.42 Å². The molecule has 0 unspecified atom stereocenters. The maximum atomic E-state index is 12.5. The standard InChI is InChI=1S/C22H21N3O/c1-14-6-5-8-19-18(15(2)25-21(14)19)10-11-23-22(26)17-12-16-7-3-4-9-20(16)24-13-17/h3-9,12-13,25H,10-11H2,1-2H3,(H,23,26). The van der Waals surface area contributed by atoms with Gasteiger partial charge >= 0.3 is 0 Å². The molecule has 0 saturated heterocycles. The van der Waals surface area contributed by atoms with Gasteiger partial charge in [0.1, 0.15) is 0 Å². The zero-order chi connectivity index (χ0) is 18.1. The van der Waals surface area contributed by atoms with E-state index in [1.807, 2.05) is 30.3 Å². The Morgan fingerprint density at radius 2 is 1.96 bits per heavy atom. The first kappa shape index (κ1) is 16.3. The van der Waals surface area contributed by atoms with Crippen molar-refractivity contribution in [1.29, 1.82) is 0 Å². The molecule has 26 heavy (non-hydrogen) atoms. The minimum atomic E-state index is -0.0862. The Labute approximate surface area is 152 Å². The summed E-state index contributed by atoms with van der Waals surface area (Å²) < 4.78 is 0. The Balaban J connectivity index is 1.48. The Morgan fingerprint density at radius 3 is 2.85 bits per heavy atom. The van der Waals surface area contributed by atoms with Crippen LogP contribution in [0.4, 0.5) is 0 Å². The second-order valence-corrected chi connectivity index (χ2v) is 6.65. The molecule has 0 spiro atoms. The van der Waals surface area contributed by atoms with E-state index in [4.69, 9.17) is 0 Å². The van der Waals surface area contributed by atoms with Crippen molar-refractivity contribution in [1.82, 2.24) is 15.3 Å². The van der Waals surface area contributed by atoms with E-state index in [0.717, 1.165) is 23.0 Å². The Morgan fingerprint density at radius 1 is 1.12 bits per heavy atom. The lowest BCUT2D eigenvalue weighted by Gasteiger charge is -2.07. The van der Waals surface area contributed by atoms with Crippen molar-refractivity contribution < 1.29 is 4.79 Å². The molecule has 0 bridgehead atoms. The predicted octanol–water partition coefficient (Wildman–Crippen LogP) is 4.31. The van der Waals surface area contributed by atoms with Gasteiger partial charge < -0.3 is 10.3 Å². The molecule has 4 heteroatoms. The van der Waals surface area contributed by atoms with Crippen LogP contribution in [0.15, 0.2) is 54.7 Å². The van der Waals surface area contributed by atoms with Crippen LogP contribution in [0, 0.1) is 13.8 Å². The van der Waals surface area contributed by atoms with Gasteiger partial charge in [-0.05, 0) is 43.5 Å². The smallest absolute Gasteiger partial charge is 0.252 e. The molecule has 0 aliphatic rings. The zero-order valence-electron chi connectivity index (χ0n) is 15.0. The first-order chi connectivity index (χ1) is 12.6. The van der Waals surface area contributed by atoms with Gasteiger partial charge in [0, 0.05) is 34.7 Å². The molecule has 2 N–H and O–H groups in total. The number of hydrogen-bond acceptors (Lipinski definition) is 2. The molecule has 0 saturated carbocycles. The first-order valence-corrected chi connectivity index (χ1v) is 8.83. The number of hydrogen-bond donors (Lipinski definition) is 2. The van der Waals surface area contributed by atoms with E-state index in [9.17, 15) is 4.79 Å². The fraction of sp³-hybridized carbons (Fsp3) is 0.182. The molecule has 2 aromatic carbocycles. The second kappa shape index (κ2) is 6.64. The van der Waals surface area contributed by atoms with E-state index in [2.05, 4.69) is 47.3 Å². The second-order valence-electron chi connectivity index (χ2n) is 6.65. The molecule has 130 valence electrons. The number of aromatic amines is 1. The summed E-state index contributed by atoms with van der Waals surface area (Å²) in [4.78, 5) is 20.3. The molecule has 4 nitrogen and oxygen atoms in total. The summed E-state index contributed by atoms with van der Waals surface area (Å²) in [5, 5.41) is 5.23. The normalized spacial score (nSPS) is 11.2. The maximum absolute atomic E-state index is 12.5. The van der Waals surface area contributed by atoms with Crippen molar-refractivity contribution in [2.45, 2.75) is 20.3 Å². The number of aromatic nitrogens is 2. The molecule has 0 atom stereocenters. The van der Waals surface area contributed by atoms with Crippen LogP contribution in [0.3, 0.4) is 0 Å². The van der Waals surface area contributed by atoms with Gasteiger partial charge in [0.25, 0.3) is 5.91 Å². The Bertz CT molecular complexity index is 1110. The highest BCUT2D eigenvalue weighted by Crippen LogP contribution is 2.24. The van der Waals surface area contributed by atoms with E-state index >= 15 is 0 Å². The number of fused-ring (bicyclic) bond motifs is 2. The van der Waals surface area contributed by atoms with E-state index in [-0.39, 0.29) is 5.91 Å². The van der Waals surface area contributed by atoms with Gasteiger partial charge in [-0.3, -0.25) is 9.78 Å². The molecule has 4 aromatic rings. The van der Waals surface area contributed by atoms with Gasteiger partial charge in [-0.15, -0.1) is 0 Å². The third-order valence-electron chi connectivity index (χ3n) is 4.88. The van der Waals surface area contributed by atoms with E-state index in [0.29, 0.717) is 12.1 Å². The number of pyridine rings is 1. The lowest BCUT2D eigenvalue weighted by Crippen LogP contribution is -2.25. The summed E-state index contributed by atoms with van der Waals surface area (Å²) >= 11 is 0. The summed E-state index contributed by atoms with van der Waals surface area (Å²) in [6.07, 6.45) is 2.43. The van der Waals surface area contributed by atoms with E-state index in [1.54, 1.807) is 6.20 Å². The molecule has 4 rings (SSSR count). The molecule has 2 heterocycles. The van der Waals surface area contributed by atoms with Crippen LogP contribution >= 0.6 is 0 Å². The van der Waals surface area contributed by atoms with Crippen molar-refractivity contribution in [3.05, 3.63) is 77.1 Å². The number of nitrogens with one attached hydrogen (secondary N) is 2. The predicted molar refractivity (Wildman–Crippen MR) is 106 cm³/mol. The number of benzene rings is 2. The fourth-order valence-corrected chi connectivity index (χ4v) is 3.47. The first-order valence-electron chi connectivity index (χ1n) is 8.83. The highest BCUT2D eigenvalue weighted by Gasteiger charge is 2.11. The van der Waals surface area contributed by atoms with Crippen molar-refractivity contribution in [2.75, 3.05) is 6.54 Å². The number of carbonyl (C=O) groups is 1. The molecule has 0 radical (unpaired) electrons. The summed E-state index contributed by atoms with van der Waals surface area (Å²) in [7, 11) is 0. The topological polar surface area (TPSA) is 57.8 Å². The lowest BCUT2D eigenvalue weighted by molar-refractivity contribution is 0.0954.